The zero-order chi connectivity index (χ0) is 28.3. The van der Waals surface area contributed by atoms with E-state index < -0.39 is 0 Å². The number of aliphatic hydroxyl groups is 1. The van der Waals surface area contributed by atoms with Gasteiger partial charge in [-0.25, -0.2) is 4.98 Å². The first-order valence-corrected chi connectivity index (χ1v) is 15.1. The number of rotatable bonds is 8. The van der Waals surface area contributed by atoms with E-state index in [1.165, 1.54) is 5.69 Å². The largest absolute Gasteiger partial charge is 0.393 e. The molecule has 4 aromatic rings. The smallest absolute Gasteiger partial charge is 0.260 e. The first kappa shape index (κ1) is 27.6. The Morgan fingerprint density at radius 2 is 1.73 bits per heavy atom. The summed E-state index contributed by atoms with van der Waals surface area (Å²) in [5.41, 5.74) is 3.05. The lowest BCUT2D eigenvalue weighted by atomic mass is 9.92. The number of pyridine rings is 2. The van der Waals surface area contributed by atoms with Gasteiger partial charge in [0.2, 0.25) is 5.95 Å². The molecule has 6 rings (SSSR count). The van der Waals surface area contributed by atoms with E-state index in [0.717, 1.165) is 80.3 Å². The van der Waals surface area contributed by atoms with Crippen molar-refractivity contribution in [1.29, 1.82) is 0 Å². The summed E-state index contributed by atoms with van der Waals surface area (Å²) in [4.78, 5) is 32.7. The van der Waals surface area contributed by atoms with Gasteiger partial charge in [0.25, 0.3) is 5.56 Å². The molecule has 2 aliphatic rings. The van der Waals surface area contributed by atoms with Gasteiger partial charge in [0.05, 0.1) is 6.10 Å². The zero-order valence-electron chi connectivity index (χ0n) is 24.2. The number of piperazine rings is 1. The lowest BCUT2D eigenvalue weighted by Crippen LogP contribution is -2.45. The van der Waals surface area contributed by atoms with Gasteiger partial charge in [-0.3, -0.25) is 19.2 Å². The average molecular weight is 556 g/mol. The fraction of sp³-hybridized carbons (Fsp3) is 0.500. The topological polar surface area (TPSA) is 99.4 Å². The summed E-state index contributed by atoms with van der Waals surface area (Å²) in [6.07, 6.45) is 9.23. The third kappa shape index (κ3) is 6.06. The van der Waals surface area contributed by atoms with Gasteiger partial charge >= 0.3 is 0 Å². The van der Waals surface area contributed by atoms with E-state index in [-0.39, 0.29) is 17.7 Å². The second kappa shape index (κ2) is 12.1. The van der Waals surface area contributed by atoms with E-state index in [9.17, 15) is 9.90 Å². The SMILES string of the molecule is CC(C)CCNc1ncc2c3ccc(CN4CCN(c5ccncc5)CC4)cc3c(=O)n(C3CCC(O)CC3)c2n1. The highest BCUT2D eigenvalue weighted by Gasteiger charge is 2.26. The monoisotopic (exact) mass is 555 g/mol. The number of aromatic nitrogens is 4. The van der Waals surface area contributed by atoms with Crippen molar-refractivity contribution < 1.29 is 5.11 Å². The molecule has 9 nitrogen and oxygen atoms in total. The molecule has 1 saturated heterocycles. The number of hydrogen-bond donors (Lipinski definition) is 2. The minimum Gasteiger partial charge on any atom is -0.393 e. The molecule has 0 amide bonds. The van der Waals surface area contributed by atoms with Crippen LogP contribution < -0.4 is 15.8 Å². The van der Waals surface area contributed by atoms with Gasteiger partial charge in [-0.05, 0) is 67.2 Å². The van der Waals surface area contributed by atoms with Gasteiger partial charge in [0, 0.05) is 80.4 Å². The molecule has 1 aliphatic heterocycles. The van der Waals surface area contributed by atoms with Crippen molar-refractivity contribution in [2.45, 2.75) is 64.6 Å². The molecule has 0 bridgehead atoms. The van der Waals surface area contributed by atoms with E-state index >= 15 is 0 Å². The van der Waals surface area contributed by atoms with Gasteiger partial charge in [-0.1, -0.05) is 26.0 Å². The predicted molar refractivity (Wildman–Crippen MR) is 164 cm³/mol. The molecule has 3 aromatic heterocycles. The van der Waals surface area contributed by atoms with Crippen LogP contribution >= 0.6 is 0 Å². The van der Waals surface area contributed by atoms with Crippen LogP contribution in [0, 0.1) is 5.92 Å². The number of nitrogens with zero attached hydrogens (tertiary/aromatic N) is 6. The van der Waals surface area contributed by atoms with Crippen LogP contribution in [0.5, 0.6) is 0 Å². The second-order valence-electron chi connectivity index (χ2n) is 12.0. The molecule has 2 fully saturated rings. The highest BCUT2D eigenvalue weighted by atomic mass is 16.3. The minimum absolute atomic E-state index is 0.00470. The normalized spacial score (nSPS) is 20.2. The Morgan fingerprint density at radius 1 is 0.976 bits per heavy atom. The third-order valence-electron chi connectivity index (χ3n) is 8.66. The Labute approximate surface area is 241 Å². The summed E-state index contributed by atoms with van der Waals surface area (Å²) in [6.45, 7) is 9.85. The summed E-state index contributed by atoms with van der Waals surface area (Å²) >= 11 is 0. The fourth-order valence-corrected chi connectivity index (χ4v) is 6.26. The summed E-state index contributed by atoms with van der Waals surface area (Å²) in [6, 6.07) is 10.4. The number of hydrogen-bond acceptors (Lipinski definition) is 8. The second-order valence-corrected chi connectivity index (χ2v) is 12.0. The molecule has 0 atom stereocenters. The summed E-state index contributed by atoms with van der Waals surface area (Å²) in [7, 11) is 0. The van der Waals surface area contributed by atoms with Crippen molar-refractivity contribution >= 4 is 33.4 Å². The van der Waals surface area contributed by atoms with E-state index in [2.05, 4.69) is 69.3 Å². The van der Waals surface area contributed by atoms with E-state index in [0.29, 0.717) is 30.4 Å². The number of anilines is 2. The Hall–Kier alpha value is -3.56. The van der Waals surface area contributed by atoms with Gasteiger partial charge in [0.1, 0.15) is 5.65 Å². The standard InChI is InChI=1S/C32H41N7O2/c1-22(2)9-14-34-32-35-20-29-27-8-3-23(21-37-15-17-38(18-16-37)24-10-12-33-13-11-24)19-28(27)31(41)39(30(29)36-32)25-4-6-26(40)7-5-25/h3,8,10-13,19-20,22,25-26,40H,4-7,9,14-18,21H2,1-2H3,(H,34,35,36). The van der Waals surface area contributed by atoms with Crippen LogP contribution in [0.1, 0.15) is 57.6 Å². The number of benzene rings is 1. The van der Waals surface area contributed by atoms with Crippen molar-refractivity contribution in [2.24, 2.45) is 5.92 Å². The molecule has 1 aromatic carbocycles. The fourth-order valence-electron chi connectivity index (χ4n) is 6.26. The molecule has 4 heterocycles. The predicted octanol–water partition coefficient (Wildman–Crippen LogP) is 4.60. The Morgan fingerprint density at radius 3 is 2.46 bits per heavy atom. The average Bonchev–Trinajstić information content (AvgIpc) is 2.99. The Kier molecular flexibility index (Phi) is 8.16. The molecular weight excluding hydrogens is 514 g/mol. The Balaban J connectivity index is 1.30. The first-order valence-electron chi connectivity index (χ1n) is 15.1. The lowest BCUT2D eigenvalue weighted by Gasteiger charge is -2.36. The van der Waals surface area contributed by atoms with Crippen LogP contribution in [0.2, 0.25) is 0 Å². The molecule has 41 heavy (non-hydrogen) atoms. The number of fused-ring (bicyclic) bond motifs is 3. The quantitative estimate of drug-likeness (QED) is 0.305. The lowest BCUT2D eigenvalue weighted by molar-refractivity contribution is 0.111. The van der Waals surface area contributed by atoms with Gasteiger partial charge in [-0.15, -0.1) is 0 Å². The third-order valence-corrected chi connectivity index (χ3v) is 8.66. The Bertz CT molecular complexity index is 1540. The van der Waals surface area contributed by atoms with Crippen molar-refractivity contribution in [3.05, 3.63) is 64.8 Å². The number of aliphatic hydroxyl groups excluding tert-OH is 1. The van der Waals surface area contributed by atoms with E-state index in [1.807, 2.05) is 23.2 Å². The van der Waals surface area contributed by atoms with E-state index in [1.54, 1.807) is 0 Å². The highest BCUT2D eigenvalue weighted by molar-refractivity contribution is 6.04. The molecule has 0 unspecified atom stereocenters. The summed E-state index contributed by atoms with van der Waals surface area (Å²) in [5.74, 6) is 1.14. The highest BCUT2D eigenvalue weighted by Crippen LogP contribution is 2.32. The molecule has 216 valence electrons. The molecule has 0 spiro atoms. The molecule has 1 aliphatic carbocycles. The van der Waals surface area contributed by atoms with Crippen LogP contribution in [0.3, 0.4) is 0 Å². The van der Waals surface area contributed by atoms with Crippen LogP contribution in [-0.2, 0) is 6.54 Å². The van der Waals surface area contributed by atoms with Crippen LogP contribution in [0.25, 0.3) is 21.8 Å². The number of nitrogens with one attached hydrogen (secondary N) is 1. The maximum Gasteiger partial charge on any atom is 0.260 e. The van der Waals surface area contributed by atoms with Crippen LogP contribution in [0.4, 0.5) is 11.6 Å². The zero-order valence-corrected chi connectivity index (χ0v) is 24.2. The van der Waals surface area contributed by atoms with Gasteiger partial charge in [-0.2, -0.15) is 4.98 Å². The van der Waals surface area contributed by atoms with Crippen LogP contribution in [-0.4, -0.2) is 68.4 Å². The van der Waals surface area contributed by atoms with Crippen molar-refractivity contribution in [3.63, 3.8) is 0 Å². The molecule has 9 heteroatoms. The van der Waals surface area contributed by atoms with Crippen molar-refractivity contribution in [2.75, 3.05) is 42.9 Å². The minimum atomic E-state index is -0.290. The maximum atomic E-state index is 14.2. The van der Waals surface area contributed by atoms with Gasteiger partial charge < -0.3 is 15.3 Å². The molecule has 1 saturated carbocycles. The summed E-state index contributed by atoms with van der Waals surface area (Å²) < 4.78 is 1.90. The summed E-state index contributed by atoms with van der Waals surface area (Å²) in [5, 5.41) is 16.0. The molecular formula is C32H41N7O2. The van der Waals surface area contributed by atoms with Crippen molar-refractivity contribution in [3.8, 4) is 0 Å². The van der Waals surface area contributed by atoms with Crippen LogP contribution in [0.15, 0.2) is 53.7 Å². The van der Waals surface area contributed by atoms with E-state index in [4.69, 9.17) is 4.98 Å². The van der Waals surface area contributed by atoms with Gasteiger partial charge in [0.15, 0.2) is 0 Å². The van der Waals surface area contributed by atoms with Crippen molar-refractivity contribution in [1.82, 2.24) is 24.4 Å². The first-order chi connectivity index (χ1) is 20.0. The maximum absolute atomic E-state index is 14.2. The molecule has 0 radical (unpaired) electrons. The molecule has 2 N–H and O–H groups in total.